The number of hydrogen-bond donors (Lipinski definition) is 1. The van der Waals surface area contributed by atoms with Crippen molar-refractivity contribution in [2.45, 2.75) is 45.8 Å². The summed E-state index contributed by atoms with van der Waals surface area (Å²) < 4.78 is 54.7. The highest BCUT2D eigenvalue weighted by Gasteiger charge is 2.32. The van der Waals surface area contributed by atoms with Crippen LogP contribution in [0, 0.1) is 11.6 Å². The van der Waals surface area contributed by atoms with Gasteiger partial charge >= 0.3 is 10.2 Å². The van der Waals surface area contributed by atoms with E-state index in [0.717, 1.165) is 20.7 Å². The zero-order chi connectivity index (χ0) is 26.3. The molecule has 2 amide bonds. The second-order valence-corrected chi connectivity index (χ2v) is 10.5. The first-order chi connectivity index (χ1) is 16.4. The lowest BCUT2D eigenvalue weighted by molar-refractivity contribution is -0.139. The Bertz CT molecular complexity index is 1110. The molecule has 2 rings (SSSR count). The summed E-state index contributed by atoms with van der Waals surface area (Å²) in [5, 5.41) is 2.82. The van der Waals surface area contributed by atoms with Crippen molar-refractivity contribution in [1.82, 2.24) is 14.5 Å². The van der Waals surface area contributed by atoms with E-state index in [-0.39, 0.29) is 18.3 Å². The number of anilines is 1. The van der Waals surface area contributed by atoms with Gasteiger partial charge in [0.1, 0.15) is 24.2 Å². The fourth-order valence-electron chi connectivity index (χ4n) is 3.16. The maximum Gasteiger partial charge on any atom is 0.304 e. The van der Waals surface area contributed by atoms with E-state index in [1.807, 2.05) is 13.8 Å². The first kappa shape index (κ1) is 28.2. The summed E-state index contributed by atoms with van der Waals surface area (Å²) in [5.41, 5.74) is 0.652. The number of halogens is 2. The summed E-state index contributed by atoms with van der Waals surface area (Å²) in [6, 6.07) is 9.09. The van der Waals surface area contributed by atoms with Gasteiger partial charge in [-0.1, -0.05) is 19.1 Å². The predicted molar refractivity (Wildman–Crippen MR) is 131 cm³/mol. The number of hydrogen-bond acceptors (Lipinski definition) is 4. The van der Waals surface area contributed by atoms with Crippen LogP contribution >= 0.6 is 0 Å². The van der Waals surface area contributed by atoms with Gasteiger partial charge in [0.15, 0.2) is 0 Å². The highest BCUT2D eigenvalue weighted by molar-refractivity contribution is 7.90. The van der Waals surface area contributed by atoms with E-state index in [1.54, 1.807) is 6.92 Å². The molecule has 0 heterocycles. The Hall–Kier alpha value is -3.05. The molecule has 1 N–H and O–H groups in total. The smallest absolute Gasteiger partial charge is 0.304 e. The molecule has 11 heteroatoms. The minimum Gasteiger partial charge on any atom is -0.352 e. The summed E-state index contributed by atoms with van der Waals surface area (Å²) in [6.07, 6.45) is 0.684. The van der Waals surface area contributed by atoms with Crippen LogP contribution in [0.15, 0.2) is 48.5 Å². The summed E-state index contributed by atoms with van der Waals surface area (Å²) in [6.45, 7) is 4.60. The van der Waals surface area contributed by atoms with E-state index >= 15 is 0 Å². The molecular weight excluding hydrogens is 478 g/mol. The molecule has 8 nitrogen and oxygen atoms in total. The monoisotopic (exact) mass is 510 g/mol. The molecule has 0 fully saturated rings. The van der Waals surface area contributed by atoms with Crippen LogP contribution in [-0.2, 0) is 26.3 Å². The van der Waals surface area contributed by atoms with Gasteiger partial charge < -0.3 is 10.2 Å². The number of nitrogens with one attached hydrogen (secondary N) is 1. The molecule has 0 aliphatic rings. The van der Waals surface area contributed by atoms with Gasteiger partial charge in [-0.3, -0.25) is 9.59 Å². The number of benzene rings is 2. The second-order valence-electron chi connectivity index (χ2n) is 8.42. The van der Waals surface area contributed by atoms with E-state index in [4.69, 9.17) is 0 Å². The van der Waals surface area contributed by atoms with E-state index in [2.05, 4.69) is 5.32 Å². The van der Waals surface area contributed by atoms with Crippen molar-refractivity contribution in [3.63, 3.8) is 0 Å². The molecule has 0 aliphatic carbocycles. The number of rotatable bonds is 11. The average Bonchev–Trinajstić information content (AvgIpc) is 2.81. The number of amides is 2. The van der Waals surface area contributed by atoms with E-state index in [1.165, 1.54) is 55.4 Å². The highest BCUT2D eigenvalue weighted by Crippen LogP contribution is 2.21. The van der Waals surface area contributed by atoms with Crippen LogP contribution in [0.4, 0.5) is 14.5 Å². The van der Waals surface area contributed by atoms with Gasteiger partial charge in [-0.05, 0) is 62.2 Å². The lowest BCUT2D eigenvalue weighted by atomic mass is 10.1. The van der Waals surface area contributed by atoms with Crippen molar-refractivity contribution in [2.24, 2.45) is 0 Å². The quantitative estimate of drug-likeness (QED) is 0.503. The lowest BCUT2D eigenvalue weighted by Crippen LogP contribution is -2.53. The van der Waals surface area contributed by atoms with Gasteiger partial charge in [0.25, 0.3) is 0 Å². The Morgan fingerprint density at radius 2 is 1.46 bits per heavy atom. The van der Waals surface area contributed by atoms with Crippen molar-refractivity contribution >= 4 is 27.7 Å². The summed E-state index contributed by atoms with van der Waals surface area (Å²) >= 11 is 0. The van der Waals surface area contributed by atoms with Crippen LogP contribution in [0.3, 0.4) is 0 Å². The Morgan fingerprint density at radius 1 is 0.943 bits per heavy atom. The molecule has 0 radical (unpaired) electrons. The van der Waals surface area contributed by atoms with Crippen LogP contribution in [0.2, 0.25) is 0 Å². The zero-order valence-electron chi connectivity index (χ0n) is 20.5. The summed E-state index contributed by atoms with van der Waals surface area (Å²) in [4.78, 5) is 27.6. The second kappa shape index (κ2) is 12.1. The van der Waals surface area contributed by atoms with Crippen LogP contribution < -0.4 is 9.62 Å². The third-order valence-electron chi connectivity index (χ3n) is 5.57. The van der Waals surface area contributed by atoms with Crippen molar-refractivity contribution < 1.29 is 26.8 Å². The topological polar surface area (TPSA) is 90.0 Å². The van der Waals surface area contributed by atoms with Crippen molar-refractivity contribution in [2.75, 3.05) is 24.9 Å². The standard InChI is InChI=1S/C24H32F2N4O4S/c1-6-17(2)27-24(32)18(3)29(15-19-7-9-20(25)10-8-19)23(31)16-30(35(33,34)28(4)5)22-13-11-21(26)12-14-22/h7-14,17-18H,6,15-16H2,1-5H3,(H,27,32)/t17-,18-/m1/s1. The Kier molecular flexibility index (Phi) is 9.73. The van der Waals surface area contributed by atoms with Crippen LogP contribution in [0.1, 0.15) is 32.8 Å². The van der Waals surface area contributed by atoms with Gasteiger partial charge in [-0.2, -0.15) is 12.7 Å². The predicted octanol–water partition coefficient (Wildman–Crippen LogP) is 2.91. The van der Waals surface area contributed by atoms with Crippen molar-refractivity contribution in [1.29, 1.82) is 0 Å². The van der Waals surface area contributed by atoms with E-state index in [9.17, 15) is 26.8 Å². The van der Waals surface area contributed by atoms with Crippen molar-refractivity contribution in [3.05, 3.63) is 65.7 Å². The van der Waals surface area contributed by atoms with E-state index in [0.29, 0.717) is 12.0 Å². The molecule has 0 spiro atoms. The molecule has 2 aromatic rings. The van der Waals surface area contributed by atoms with Gasteiger partial charge in [0.2, 0.25) is 11.8 Å². The first-order valence-corrected chi connectivity index (χ1v) is 12.6. The lowest BCUT2D eigenvalue weighted by Gasteiger charge is -2.33. The molecule has 0 aromatic heterocycles. The normalized spacial score (nSPS) is 13.3. The molecule has 0 bridgehead atoms. The zero-order valence-corrected chi connectivity index (χ0v) is 21.4. The largest absolute Gasteiger partial charge is 0.352 e. The maximum absolute atomic E-state index is 13.5. The third kappa shape index (κ3) is 7.46. The maximum atomic E-state index is 13.5. The van der Waals surface area contributed by atoms with Gasteiger partial charge in [-0.25, -0.2) is 13.1 Å². The molecule has 2 aromatic carbocycles. The fourth-order valence-corrected chi connectivity index (χ4v) is 4.21. The van der Waals surface area contributed by atoms with Crippen LogP contribution in [-0.4, -0.2) is 62.2 Å². The molecule has 192 valence electrons. The van der Waals surface area contributed by atoms with Gasteiger partial charge in [0.05, 0.1) is 5.69 Å². The number of carbonyl (C=O) groups excluding carboxylic acids is 2. The van der Waals surface area contributed by atoms with Gasteiger partial charge in [0, 0.05) is 26.7 Å². The third-order valence-corrected chi connectivity index (χ3v) is 7.39. The summed E-state index contributed by atoms with van der Waals surface area (Å²) in [5.74, 6) is -2.07. The van der Waals surface area contributed by atoms with Crippen LogP contribution in [0.25, 0.3) is 0 Å². The molecule has 0 saturated heterocycles. The Labute approximate surface area is 205 Å². The van der Waals surface area contributed by atoms with E-state index < -0.39 is 46.2 Å². The molecule has 35 heavy (non-hydrogen) atoms. The highest BCUT2D eigenvalue weighted by atomic mass is 32.2. The molecule has 2 atom stereocenters. The SMILES string of the molecule is CC[C@@H](C)NC(=O)[C@@H](C)N(Cc1ccc(F)cc1)C(=O)CN(c1ccc(F)cc1)S(=O)(=O)N(C)C. The summed E-state index contributed by atoms with van der Waals surface area (Å²) in [7, 11) is -1.51. The Morgan fingerprint density at radius 3 is 1.94 bits per heavy atom. The molecule has 0 unspecified atom stereocenters. The van der Waals surface area contributed by atoms with Gasteiger partial charge in [-0.15, -0.1) is 0 Å². The van der Waals surface area contributed by atoms with Crippen molar-refractivity contribution in [3.8, 4) is 0 Å². The minimum atomic E-state index is -4.13. The average molecular weight is 511 g/mol. The number of nitrogens with zero attached hydrogens (tertiary/aromatic N) is 3. The molecule has 0 aliphatic heterocycles. The molecule has 0 saturated carbocycles. The Balaban J connectivity index is 2.43. The molecular formula is C24H32F2N4O4S. The number of carbonyl (C=O) groups is 2. The first-order valence-electron chi connectivity index (χ1n) is 11.2. The van der Waals surface area contributed by atoms with Crippen LogP contribution in [0.5, 0.6) is 0 Å². The fraction of sp³-hybridized carbons (Fsp3) is 0.417. The minimum absolute atomic E-state index is 0.0481.